The van der Waals surface area contributed by atoms with Crippen LogP contribution >= 0.6 is 0 Å². The van der Waals surface area contributed by atoms with Crippen molar-refractivity contribution in [3.63, 3.8) is 0 Å². The zero-order chi connectivity index (χ0) is 8.97. The first kappa shape index (κ1) is 8.87. The van der Waals surface area contributed by atoms with Gasteiger partial charge in [-0.15, -0.1) is 5.92 Å². The summed E-state index contributed by atoms with van der Waals surface area (Å²) < 4.78 is 0. The van der Waals surface area contributed by atoms with E-state index in [4.69, 9.17) is 0 Å². The normalized spacial score (nSPS) is 8.92. The first-order chi connectivity index (χ1) is 5.77. The van der Waals surface area contributed by atoms with Gasteiger partial charge in [-0.2, -0.15) is 0 Å². The van der Waals surface area contributed by atoms with Gasteiger partial charge in [0, 0.05) is 5.56 Å². The maximum atomic E-state index is 3.08. The number of hydrogen-bond acceptors (Lipinski definition) is 0. The molecule has 0 saturated carbocycles. The van der Waals surface area contributed by atoms with E-state index in [0.29, 0.717) is 0 Å². The van der Waals surface area contributed by atoms with Gasteiger partial charge in [-0.3, -0.25) is 0 Å². The Morgan fingerprint density at radius 2 is 2.08 bits per heavy atom. The quantitative estimate of drug-likeness (QED) is 0.551. The summed E-state index contributed by atoms with van der Waals surface area (Å²) in [5, 5.41) is 0. The highest BCUT2D eigenvalue weighted by atomic mass is 14.0. The van der Waals surface area contributed by atoms with E-state index in [-0.39, 0.29) is 0 Å². The number of hydrogen-bond donors (Lipinski definition) is 0. The molecule has 0 unspecified atom stereocenters. The first-order valence-corrected chi connectivity index (χ1v) is 4.30. The van der Waals surface area contributed by atoms with Gasteiger partial charge in [0.2, 0.25) is 0 Å². The molecule has 0 fully saturated rings. The summed E-state index contributed by atoms with van der Waals surface area (Å²) in [7, 11) is 0. The maximum absolute atomic E-state index is 3.08. The molecule has 62 valence electrons. The van der Waals surface area contributed by atoms with E-state index in [2.05, 4.69) is 43.9 Å². The van der Waals surface area contributed by atoms with Crippen LogP contribution in [0.2, 0.25) is 0 Å². The van der Waals surface area contributed by atoms with E-state index in [0.717, 1.165) is 12.0 Å². The molecule has 0 saturated heterocycles. The van der Waals surface area contributed by atoms with Gasteiger partial charge in [-0.25, -0.2) is 0 Å². The summed E-state index contributed by atoms with van der Waals surface area (Å²) in [6.45, 7) is 6.14. The highest BCUT2D eigenvalue weighted by Gasteiger charge is 1.94. The lowest BCUT2D eigenvalue weighted by Gasteiger charge is -2.00. The minimum atomic E-state index is 1.10. The average Bonchev–Trinajstić information content (AvgIpc) is 2.09. The monoisotopic (exact) mass is 158 g/mol. The second-order valence-electron chi connectivity index (χ2n) is 2.88. The molecular weight excluding hydrogens is 144 g/mol. The van der Waals surface area contributed by atoms with Crippen LogP contribution in [0.15, 0.2) is 18.2 Å². The van der Waals surface area contributed by atoms with E-state index in [1.54, 1.807) is 0 Å². The zero-order valence-electron chi connectivity index (χ0n) is 7.94. The van der Waals surface area contributed by atoms with Crippen LogP contribution in [-0.2, 0) is 6.42 Å². The van der Waals surface area contributed by atoms with Gasteiger partial charge >= 0.3 is 0 Å². The molecule has 0 aliphatic carbocycles. The summed E-state index contributed by atoms with van der Waals surface area (Å²) in [4.78, 5) is 0. The SMILES string of the molecule is CC#Cc1ccc(CC)cc1C. The van der Waals surface area contributed by atoms with Crippen LogP contribution in [-0.4, -0.2) is 0 Å². The highest BCUT2D eigenvalue weighted by molar-refractivity contribution is 5.42. The summed E-state index contributed by atoms with van der Waals surface area (Å²) in [5.74, 6) is 5.99. The molecule has 0 nitrogen and oxygen atoms in total. The van der Waals surface area contributed by atoms with E-state index >= 15 is 0 Å². The number of aryl methyl sites for hydroxylation is 2. The van der Waals surface area contributed by atoms with Gasteiger partial charge in [0.05, 0.1) is 0 Å². The molecule has 0 heteroatoms. The van der Waals surface area contributed by atoms with Crippen molar-refractivity contribution >= 4 is 0 Å². The van der Waals surface area contributed by atoms with E-state index in [9.17, 15) is 0 Å². The fourth-order valence-electron chi connectivity index (χ4n) is 1.22. The predicted octanol–water partition coefficient (Wildman–Crippen LogP) is 2.93. The molecule has 0 radical (unpaired) electrons. The van der Waals surface area contributed by atoms with Crippen LogP contribution in [0.1, 0.15) is 30.5 Å². The molecule has 0 N–H and O–H groups in total. The van der Waals surface area contributed by atoms with Crippen LogP contribution in [0.5, 0.6) is 0 Å². The third kappa shape index (κ3) is 1.89. The van der Waals surface area contributed by atoms with Gasteiger partial charge in [-0.05, 0) is 37.5 Å². The molecule has 1 rings (SSSR count). The van der Waals surface area contributed by atoms with Crippen LogP contribution in [0.3, 0.4) is 0 Å². The van der Waals surface area contributed by atoms with Crippen molar-refractivity contribution < 1.29 is 0 Å². The first-order valence-electron chi connectivity index (χ1n) is 4.30. The molecule has 12 heavy (non-hydrogen) atoms. The van der Waals surface area contributed by atoms with Crippen molar-refractivity contribution in [3.8, 4) is 11.8 Å². The third-order valence-electron chi connectivity index (χ3n) is 1.96. The van der Waals surface area contributed by atoms with Gasteiger partial charge in [0.25, 0.3) is 0 Å². The summed E-state index contributed by atoms with van der Waals surface area (Å²) in [5.41, 5.74) is 3.81. The lowest BCUT2D eigenvalue weighted by Crippen LogP contribution is -1.85. The Labute approximate surface area is 74.6 Å². The van der Waals surface area contributed by atoms with Crippen molar-refractivity contribution in [2.24, 2.45) is 0 Å². The molecule has 0 aromatic heterocycles. The summed E-state index contributed by atoms with van der Waals surface area (Å²) in [6.07, 6.45) is 1.10. The van der Waals surface area contributed by atoms with E-state index in [1.807, 2.05) is 6.92 Å². The van der Waals surface area contributed by atoms with Gasteiger partial charge in [0.15, 0.2) is 0 Å². The molecule has 1 aromatic rings. The van der Waals surface area contributed by atoms with Crippen LogP contribution < -0.4 is 0 Å². The summed E-state index contributed by atoms with van der Waals surface area (Å²) >= 11 is 0. The second-order valence-corrected chi connectivity index (χ2v) is 2.88. The minimum Gasteiger partial charge on any atom is -0.101 e. The standard InChI is InChI=1S/C12H14/c1-4-6-12-8-7-11(5-2)9-10(12)3/h7-9H,5H2,1-3H3. The topological polar surface area (TPSA) is 0 Å². The number of rotatable bonds is 1. The molecule has 1 aromatic carbocycles. The Hall–Kier alpha value is -1.22. The lowest BCUT2D eigenvalue weighted by molar-refractivity contribution is 1.13. The molecular formula is C12H14. The van der Waals surface area contributed by atoms with Crippen molar-refractivity contribution in [1.82, 2.24) is 0 Å². The van der Waals surface area contributed by atoms with Crippen LogP contribution in [0.4, 0.5) is 0 Å². The van der Waals surface area contributed by atoms with Gasteiger partial charge in [0.1, 0.15) is 0 Å². The van der Waals surface area contributed by atoms with E-state index in [1.165, 1.54) is 11.1 Å². The van der Waals surface area contributed by atoms with E-state index < -0.39 is 0 Å². The Kier molecular flexibility index (Phi) is 2.94. The number of benzene rings is 1. The predicted molar refractivity (Wildman–Crippen MR) is 53.1 cm³/mol. The Balaban J connectivity index is 3.09. The minimum absolute atomic E-state index is 1.10. The largest absolute Gasteiger partial charge is 0.101 e. The van der Waals surface area contributed by atoms with Crippen LogP contribution in [0.25, 0.3) is 0 Å². The Morgan fingerprint density at radius 3 is 2.58 bits per heavy atom. The highest BCUT2D eigenvalue weighted by Crippen LogP contribution is 2.10. The molecule has 0 amide bonds. The van der Waals surface area contributed by atoms with Gasteiger partial charge < -0.3 is 0 Å². The zero-order valence-corrected chi connectivity index (χ0v) is 7.94. The lowest BCUT2D eigenvalue weighted by atomic mass is 10.0. The van der Waals surface area contributed by atoms with Crippen molar-refractivity contribution in [3.05, 3.63) is 34.9 Å². The molecule has 0 bridgehead atoms. The third-order valence-corrected chi connectivity index (χ3v) is 1.96. The van der Waals surface area contributed by atoms with Crippen molar-refractivity contribution in [2.75, 3.05) is 0 Å². The van der Waals surface area contributed by atoms with Crippen molar-refractivity contribution in [2.45, 2.75) is 27.2 Å². The molecule has 0 aliphatic rings. The average molecular weight is 158 g/mol. The van der Waals surface area contributed by atoms with Gasteiger partial charge in [-0.1, -0.05) is 25.0 Å². The Bertz CT molecular complexity index is 324. The summed E-state index contributed by atoms with van der Waals surface area (Å²) in [6, 6.07) is 6.46. The second kappa shape index (κ2) is 3.97. The molecule has 0 aliphatic heterocycles. The fourth-order valence-corrected chi connectivity index (χ4v) is 1.22. The van der Waals surface area contributed by atoms with Crippen molar-refractivity contribution in [1.29, 1.82) is 0 Å². The fraction of sp³-hybridized carbons (Fsp3) is 0.333. The molecule has 0 spiro atoms. The molecule has 0 heterocycles. The smallest absolute Gasteiger partial charge is 0.0274 e. The molecule has 0 atom stereocenters. The Morgan fingerprint density at radius 1 is 1.33 bits per heavy atom. The maximum Gasteiger partial charge on any atom is 0.0274 e. The van der Waals surface area contributed by atoms with Crippen LogP contribution in [0, 0.1) is 18.8 Å².